The molecule has 126 valence electrons. The number of allylic oxidation sites excluding steroid dienone is 1. The highest BCUT2D eigenvalue weighted by molar-refractivity contribution is 14.1. The monoisotopic (exact) mass is 554 g/mol. The summed E-state index contributed by atoms with van der Waals surface area (Å²) in [6.07, 6.45) is 4.12. The second kappa shape index (κ2) is 7.11. The number of nitrogens with one attached hydrogen (secondary N) is 2. The van der Waals surface area contributed by atoms with Gasteiger partial charge in [-0.1, -0.05) is 24.3 Å². The predicted molar refractivity (Wildman–Crippen MR) is 117 cm³/mol. The van der Waals surface area contributed by atoms with Gasteiger partial charge in [-0.2, -0.15) is 0 Å². The van der Waals surface area contributed by atoms with Gasteiger partial charge in [-0.3, -0.25) is 0 Å². The maximum Gasteiger partial charge on any atom is 0.319 e. The van der Waals surface area contributed by atoms with Gasteiger partial charge in [0.15, 0.2) is 0 Å². The van der Waals surface area contributed by atoms with Gasteiger partial charge in [-0.15, -0.1) is 0 Å². The lowest BCUT2D eigenvalue weighted by molar-refractivity contribution is 0.239. The minimum absolute atomic E-state index is 0.0385. The fourth-order valence-electron chi connectivity index (χ4n) is 3.39. The van der Waals surface area contributed by atoms with Gasteiger partial charge in [0, 0.05) is 12.8 Å². The van der Waals surface area contributed by atoms with Crippen LogP contribution < -0.4 is 10.6 Å². The van der Waals surface area contributed by atoms with Gasteiger partial charge in [-0.25, -0.2) is 4.79 Å². The highest BCUT2D eigenvalue weighted by Crippen LogP contribution is 2.40. The fourth-order valence-corrected chi connectivity index (χ4v) is 4.11. The number of hydrogen-bond acceptors (Lipinski definition) is 1. The predicted octanol–water partition coefficient (Wildman–Crippen LogP) is 5.38. The summed E-state index contributed by atoms with van der Waals surface area (Å²) in [5.41, 5.74) is 5.80. The number of carbonyl (C=O) groups is 1. The van der Waals surface area contributed by atoms with Crippen molar-refractivity contribution in [2.45, 2.75) is 18.9 Å². The van der Waals surface area contributed by atoms with Crippen molar-refractivity contribution in [2.24, 2.45) is 0 Å². The van der Waals surface area contributed by atoms with E-state index in [1.165, 1.54) is 23.9 Å². The Morgan fingerprint density at radius 1 is 0.920 bits per heavy atom. The summed E-state index contributed by atoms with van der Waals surface area (Å²) in [4.78, 5) is 12.2. The molecule has 3 nitrogen and oxygen atoms in total. The van der Waals surface area contributed by atoms with Crippen LogP contribution in [-0.4, -0.2) is 6.03 Å². The van der Waals surface area contributed by atoms with Gasteiger partial charge in [0.2, 0.25) is 0 Å². The molecule has 1 aliphatic carbocycles. The largest absolute Gasteiger partial charge is 0.327 e. The summed E-state index contributed by atoms with van der Waals surface area (Å²) >= 11 is 4.61. The highest BCUT2D eigenvalue weighted by Gasteiger charge is 2.33. The molecule has 5 heteroatoms. The molecule has 4 rings (SSSR count). The van der Waals surface area contributed by atoms with E-state index in [9.17, 15) is 4.79 Å². The number of rotatable bonds is 2. The van der Waals surface area contributed by atoms with Gasteiger partial charge < -0.3 is 10.6 Å². The minimum Gasteiger partial charge on any atom is -0.327 e. The molecule has 0 aromatic heterocycles. The first-order valence-electron chi connectivity index (χ1n) is 8.13. The van der Waals surface area contributed by atoms with E-state index < -0.39 is 0 Å². The van der Waals surface area contributed by atoms with Crippen LogP contribution >= 0.6 is 45.2 Å². The van der Waals surface area contributed by atoms with Crippen LogP contribution in [0.3, 0.4) is 0 Å². The third-order valence-corrected chi connectivity index (χ3v) is 6.02. The summed E-state index contributed by atoms with van der Waals surface area (Å²) in [5.74, 6) is 0. The van der Waals surface area contributed by atoms with Crippen LogP contribution in [-0.2, 0) is 0 Å². The van der Waals surface area contributed by atoms with Gasteiger partial charge in [-0.05, 0) is 111 Å². The zero-order valence-electron chi connectivity index (χ0n) is 13.4. The highest BCUT2D eigenvalue weighted by atomic mass is 127. The first-order valence-corrected chi connectivity index (χ1v) is 10.3. The third-order valence-electron chi connectivity index (χ3n) is 4.58. The lowest BCUT2D eigenvalue weighted by Crippen LogP contribution is -2.43. The van der Waals surface area contributed by atoms with Crippen molar-refractivity contribution in [1.82, 2.24) is 10.6 Å². The van der Waals surface area contributed by atoms with Gasteiger partial charge >= 0.3 is 6.03 Å². The molecule has 1 atom stereocenters. The van der Waals surface area contributed by atoms with E-state index in [0.717, 1.165) is 24.1 Å². The normalized spacial score (nSPS) is 21.1. The molecule has 0 saturated heterocycles. The number of benzene rings is 2. The SMILES string of the molecule is O=C1NC2=C(CC/C2=C\c2ccc(I)cc2)C(c2ccc(I)cc2)N1. The van der Waals surface area contributed by atoms with Gasteiger partial charge in [0.1, 0.15) is 0 Å². The third kappa shape index (κ3) is 3.62. The molecule has 0 saturated carbocycles. The first-order chi connectivity index (χ1) is 12.1. The van der Waals surface area contributed by atoms with E-state index in [1.54, 1.807) is 0 Å². The molecular weight excluding hydrogens is 538 g/mol. The topological polar surface area (TPSA) is 41.1 Å². The lowest BCUT2D eigenvalue weighted by Gasteiger charge is -2.27. The minimum atomic E-state index is -0.127. The molecule has 1 heterocycles. The molecule has 1 aliphatic heterocycles. The van der Waals surface area contributed by atoms with Crippen LogP contribution in [0.5, 0.6) is 0 Å². The van der Waals surface area contributed by atoms with Gasteiger partial charge in [0.25, 0.3) is 0 Å². The molecule has 2 aliphatic rings. The Morgan fingerprint density at radius 2 is 1.56 bits per heavy atom. The number of hydrogen-bond donors (Lipinski definition) is 2. The van der Waals surface area contributed by atoms with Crippen LogP contribution in [0.2, 0.25) is 0 Å². The molecule has 2 N–H and O–H groups in total. The van der Waals surface area contributed by atoms with E-state index in [-0.39, 0.29) is 12.1 Å². The van der Waals surface area contributed by atoms with Crippen LogP contribution in [0.1, 0.15) is 30.0 Å². The molecule has 0 fully saturated rings. The Hall–Kier alpha value is -1.35. The molecule has 2 aromatic carbocycles. The zero-order valence-corrected chi connectivity index (χ0v) is 17.7. The van der Waals surface area contributed by atoms with Crippen LogP contribution in [0.25, 0.3) is 6.08 Å². The lowest BCUT2D eigenvalue weighted by atomic mass is 9.96. The van der Waals surface area contributed by atoms with Crippen LogP contribution in [0.15, 0.2) is 65.4 Å². The van der Waals surface area contributed by atoms with Crippen molar-refractivity contribution in [3.05, 3.63) is 83.6 Å². The molecule has 0 radical (unpaired) electrons. The number of halogens is 2. The Morgan fingerprint density at radius 3 is 2.24 bits per heavy atom. The van der Waals surface area contributed by atoms with E-state index in [4.69, 9.17) is 0 Å². The van der Waals surface area contributed by atoms with E-state index >= 15 is 0 Å². The molecule has 25 heavy (non-hydrogen) atoms. The van der Waals surface area contributed by atoms with Crippen LogP contribution in [0, 0.1) is 7.14 Å². The average Bonchev–Trinajstić information content (AvgIpc) is 3.00. The zero-order chi connectivity index (χ0) is 17.4. The maximum absolute atomic E-state index is 12.2. The second-order valence-electron chi connectivity index (χ2n) is 6.20. The molecular formula is C20H16I2N2O. The Labute approximate surface area is 174 Å². The Balaban J connectivity index is 1.71. The average molecular weight is 554 g/mol. The Kier molecular flexibility index (Phi) is 4.86. The van der Waals surface area contributed by atoms with Crippen molar-refractivity contribution in [3.8, 4) is 0 Å². The molecule has 1 unspecified atom stereocenters. The second-order valence-corrected chi connectivity index (χ2v) is 8.70. The number of amides is 2. The summed E-state index contributed by atoms with van der Waals surface area (Å²) in [6, 6.07) is 16.6. The number of carbonyl (C=O) groups excluding carboxylic acids is 1. The smallest absolute Gasteiger partial charge is 0.319 e. The molecule has 2 amide bonds. The van der Waals surface area contributed by atoms with Crippen molar-refractivity contribution in [3.63, 3.8) is 0 Å². The Bertz CT molecular complexity index is 883. The van der Waals surface area contributed by atoms with Crippen molar-refractivity contribution < 1.29 is 4.79 Å². The van der Waals surface area contributed by atoms with Crippen molar-refractivity contribution >= 4 is 57.3 Å². The van der Waals surface area contributed by atoms with E-state index in [0.29, 0.717) is 0 Å². The fraction of sp³-hybridized carbons (Fsp3) is 0.150. The summed E-state index contributed by atoms with van der Waals surface area (Å²) in [7, 11) is 0. The molecule has 2 aromatic rings. The number of urea groups is 1. The quantitative estimate of drug-likeness (QED) is 0.482. The molecule has 0 bridgehead atoms. The molecule has 0 spiro atoms. The summed E-state index contributed by atoms with van der Waals surface area (Å²) in [6.45, 7) is 0. The van der Waals surface area contributed by atoms with Crippen LogP contribution in [0.4, 0.5) is 4.79 Å². The summed E-state index contributed by atoms with van der Waals surface area (Å²) < 4.78 is 2.42. The standard InChI is InChI=1S/C20H16I2N2O/c21-15-6-1-12(2-7-15)11-14-5-10-17-18(23-20(25)24-19(14)17)13-3-8-16(22)9-4-13/h1-4,6-9,11,18H,5,10H2,(H2,23,24,25)/b14-11+. The summed E-state index contributed by atoms with van der Waals surface area (Å²) in [5, 5.41) is 6.11. The van der Waals surface area contributed by atoms with E-state index in [2.05, 4.69) is 110 Å². The van der Waals surface area contributed by atoms with E-state index in [1.807, 2.05) is 0 Å². The van der Waals surface area contributed by atoms with Crippen molar-refractivity contribution in [1.29, 1.82) is 0 Å². The van der Waals surface area contributed by atoms with Crippen molar-refractivity contribution in [2.75, 3.05) is 0 Å². The maximum atomic E-state index is 12.2. The van der Waals surface area contributed by atoms with Gasteiger partial charge in [0.05, 0.1) is 6.04 Å². The first kappa shape index (κ1) is 17.1.